The van der Waals surface area contributed by atoms with Crippen LogP contribution < -0.4 is 4.90 Å². The molecule has 3 aromatic rings. The van der Waals surface area contributed by atoms with Crippen LogP contribution in [-0.4, -0.2) is 21.6 Å². The Balaban J connectivity index is 1.97. The Bertz CT molecular complexity index is 777. The molecule has 3 rings (SSSR count). The summed E-state index contributed by atoms with van der Waals surface area (Å²) in [5.41, 5.74) is 4.19. The minimum absolute atomic E-state index is 0.756. The number of halogens is 1. The lowest BCUT2D eigenvalue weighted by Gasteiger charge is -2.20. The van der Waals surface area contributed by atoms with Gasteiger partial charge in [-0.3, -0.25) is 0 Å². The highest BCUT2D eigenvalue weighted by Gasteiger charge is 2.11. The van der Waals surface area contributed by atoms with Gasteiger partial charge in [0.15, 0.2) is 5.65 Å². The molecule has 21 heavy (non-hydrogen) atoms. The number of hydrogen-bond donors (Lipinski definition) is 0. The Kier molecular flexibility index (Phi) is 3.55. The smallest absolute Gasteiger partial charge is 0.160 e. The van der Waals surface area contributed by atoms with Crippen LogP contribution in [-0.2, 0) is 6.54 Å². The molecule has 0 aliphatic rings. The Morgan fingerprint density at radius 2 is 1.90 bits per heavy atom. The molecular formula is C16H17ClN4. The van der Waals surface area contributed by atoms with Crippen molar-refractivity contribution in [1.82, 2.24) is 14.6 Å². The molecule has 0 unspecified atom stereocenters. The molecule has 0 spiro atoms. The van der Waals surface area contributed by atoms with Gasteiger partial charge in [0.25, 0.3) is 0 Å². The van der Waals surface area contributed by atoms with Gasteiger partial charge in [0.2, 0.25) is 0 Å². The van der Waals surface area contributed by atoms with E-state index in [0.29, 0.717) is 0 Å². The van der Waals surface area contributed by atoms with Gasteiger partial charge in [0.05, 0.1) is 6.20 Å². The summed E-state index contributed by atoms with van der Waals surface area (Å²) in [5.74, 6) is 1.03. The number of hydrogen-bond acceptors (Lipinski definition) is 3. The second-order valence-corrected chi connectivity index (χ2v) is 5.74. The summed E-state index contributed by atoms with van der Waals surface area (Å²) >= 11 is 5.93. The van der Waals surface area contributed by atoms with Crippen LogP contribution in [0.4, 0.5) is 5.82 Å². The molecule has 1 aromatic carbocycles. The van der Waals surface area contributed by atoms with Gasteiger partial charge in [-0.15, -0.1) is 0 Å². The maximum atomic E-state index is 5.93. The van der Waals surface area contributed by atoms with Crippen molar-refractivity contribution >= 4 is 23.1 Å². The standard InChI is InChI=1S/C16H17ClN4/c1-11-9-18-21-15(8-12(2)19-16(11)21)20(3)10-13-4-6-14(17)7-5-13/h4-9H,10H2,1-3H3. The zero-order valence-corrected chi connectivity index (χ0v) is 13.1. The zero-order chi connectivity index (χ0) is 15.0. The minimum atomic E-state index is 0.756. The fourth-order valence-corrected chi connectivity index (χ4v) is 2.52. The summed E-state index contributed by atoms with van der Waals surface area (Å²) in [6, 6.07) is 9.96. The van der Waals surface area contributed by atoms with Crippen LogP contribution >= 0.6 is 11.6 Å². The summed E-state index contributed by atoms with van der Waals surface area (Å²) in [7, 11) is 2.06. The van der Waals surface area contributed by atoms with Crippen LogP contribution in [0.25, 0.3) is 5.65 Å². The van der Waals surface area contributed by atoms with Crippen molar-refractivity contribution in [2.45, 2.75) is 20.4 Å². The first-order valence-corrected chi connectivity index (χ1v) is 7.20. The topological polar surface area (TPSA) is 33.4 Å². The van der Waals surface area contributed by atoms with Crippen LogP contribution in [0.3, 0.4) is 0 Å². The highest BCUT2D eigenvalue weighted by atomic mass is 35.5. The summed E-state index contributed by atoms with van der Waals surface area (Å²) in [4.78, 5) is 6.72. The lowest BCUT2D eigenvalue weighted by atomic mass is 10.2. The van der Waals surface area contributed by atoms with Gasteiger partial charge < -0.3 is 4.90 Å². The number of aryl methyl sites for hydroxylation is 2. The van der Waals surface area contributed by atoms with Crippen molar-refractivity contribution < 1.29 is 0 Å². The van der Waals surface area contributed by atoms with E-state index in [0.717, 1.165) is 34.3 Å². The third-order valence-corrected chi connectivity index (χ3v) is 3.73. The second-order valence-electron chi connectivity index (χ2n) is 5.30. The molecular weight excluding hydrogens is 284 g/mol. The number of aromatic nitrogens is 3. The molecule has 0 aliphatic heterocycles. The molecule has 5 heteroatoms. The molecule has 0 radical (unpaired) electrons. The molecule has 2 heterocycles. The normalized spacial score (nSPS) is 11.0. The largest absolute Gasteiger partial charge is 0.355 e. The number of fused-ring (bicyclic) bond motifs is 1. The fourth-order valence-electron chi connectivity index (χ4n) is 2.39. The zero-order valence-electron chi connectivity index (χ0n) is 12.3. The third kappa shape index (κ3) is 2.72. The van der Waals surface area contributed by atoms with E-state index < -0.39 is 0 Å². The molecule has 0 N–H and O–H groups in total. The quantitative estimate of drug-likeness (QED) is 0.740. The van der Waals surface area contributed by atoms with E-state index in [1.165, 1.54) is 5.56 Å². The number of benzene rings is 1. The van der Waals surface area contributed by atoms with E-state index in [1.54, 1.807) is 0 Å². The van der Waals surface area contributed by atoms with Gasteiger partial charge >= 0.3 is 0 Å². The van der Waals surface area contributed by atoms with E-state index in [-0.39, 0.29) is 0 Å². The van der Waals surface area contributed by atoms with E-state index in [4.69, 9.17) is 11.6 Å². The maximum absolute atomic E-state index is 5.93. The van der Waals surface area contributed by atoms with Gasteiger partial charge in [-0.1, -0.05) is 23.7 Å². The van der Waals surface area contributed by atoms with E-state index in [2.05, 4.69) is 28.1 Å². The molecule has 0 saturated heterocycles. The molecule has 4 nitrogen and oxygen atoms in total. The van der Waals surface area contributed by atoms with Gasteiger partial charge in [-0.05, 0) is 31.5 Å². The highest BCUT2D eigenvalue weighted by Crippen LogP contribution is 2.20. The van der Waals surface area contributed by atoms with Gasteiger partial charge in [-0.25, -0.2) is 4.98 Å². The SMILES string of the molecule is Cc1cc(N(C)Cc2ccc(Cl)cc2)n2ncc(C)c2n1. The molecule has 0 bridgehead atoms. The first kappa shape index (κ1) is 13.9. The molecule has 0 atom stereocenters. The number of rotatable bonds is 3. The van der Waals surface area contributed by atoms with Gasteiger partial charge in [0.1, 0.15) is 5.82 Å². The molecule has 0 amide bonds. The van der Waals surface area contributed by atoms with Crippen LogP contribution in [0.15, 0.2) is 36.5 Å². The highest BCUT2D eigenvalue weighted by molar-refractivity contribution is 6.30. The van der Waals surface area contributed by atoms with Crippen molar-refractivity contribution in [3.05, 3.63) is 58.4 Å². The molecule has 0 fully saturated rings. The Morgan fingerprint density at radius 3 is 2.62 bits per heavy atom. The molecule has 0 aliphatic carbocycles. The Morgan fingerprint density at radius 1 is 1.19 bits per heavy atom. The van der Waals surface area contributed by atoms with E-state index in [9.17, 15) is 0 Å². The van der Waals surface area contributed by atoms with Crippen LogP contribution in [0, 0.1) is 13.8 Å². The van der Waals surface area contributed by atoms with Gasteiger partial charge in [0, 0.05) is 35.9 Å². The average Bonchev–Trinajstić information content (AvgIpc) is 2.82. The van der Waals surface area contributed by atoms with Crippen molar-refractivity contribution in [3.8, 4) is 0 Å². The van der Waals surface area contributed by atoms with Crippen molar-refractivity contribution in [1.29, 1.82) is 0 Å². The average molecular weight is 301 g/mol. The van der Waals surface area contributed by atoms with E-state index >= 15 is 0 Å². The third-order valence-electron chi connectivity index (χ3n) is 3.48. The lowest BCUT2D eigenvalue weighted by molar-refractivity contribution is 0.828. The maximum Gasteiger partial charge on any atom is 0.160 e. The molecule has 108 valence electrons. The van der Waals surface area contributed by atoms with Crippen molar-refractivity contribution in [2.24, 2.45) is 0 Å². The van der Waals surface area contributed by atoms with Crippen LogP contribution in [0.1, 0.15) is 16.8 Å². The fraction of sp³-hybridized carbons (Fsp3) is 0.250. The van der Waals surface area contributed by atoms with Crippen LogP contribution in [0.2, 0.25) is 5.02 Å². The van der Waals surface area contributed by atoms with Crippen molar-refractivity contribution in [2.75, 3.05) is 11.9 Å². The predicted octanol–water partition coefficient (Wildman–Crippen LogP) is 3.64. The Hall–Kier alpha value is -2.07. The predicted molar refractivity (Wildman–Crippen MR) is 86.0 cm³/mol. The number of anilines is 1. The first-order valence-electron chi connectivity index (χ1n) is 6.82. The molecule has 0 saturated carbocycles. The summed E-state index contributed by atoms with van der Waals surface area (Å²) in [6.07, 6.45) is 1.85. The van der Waals surface area contributed by atoms with E-state index in [1.807, 2.05) is 48.8 Å². The van der Waals surface area contributed by atoms with Crippen molar-refractivity contribution in [3.63, 3.8) is 0 Å². The molecule has 2 aromatic heterocycles. The number of nitrogens with zero attached hydrogens (tertiary/aromatic N) is 4. The lowest BCUT2D eigenvalue weighted by Crippen LogP contribution is -2.20. The second kappa shape index (κ2) is 5.37. The summed E-state index contributed by atoms with van der Waals surface area (Å²) in [5, 5.41) is 5.18. The van der Waals surface area contributed by atoms with Crippen LogP contribution in [0.5, 0.6) is 0 Å². The first-order chi connectivity index (χ1) is 10.0. The monoisotopic (exact) mass is 300 g/mol. The Labute approximate surface area is 129 Å². The summed E-state index contributed by atoms with van der Waals surface area (Å²) < 4.78 is 1.89. The summed E-state index contributed by atoms with van der Waals surface area (Å²) in [6.45, 7) is 4.82. The minimum Gasteiger partial charge on any atom is -0.355 e. The van der Waals surface area contributed by atoms with Gasteiger partial charge in [-0.2, -0.15) is 9.61 Å².